The van der Waals surface area contributed by atoms with Crippen molar-refractivity contribution in [1.82, 2.24) is 10.6 Å². The molecular weight excluding hydrogens is 442 g/mol. The molecule has 178 valence electrons. The normalized spacial score (nSPS) is 13.5. The highest BCUT2D eigenvalue weighted by Crippen LogP contribution is 2.23. The third-order valence-corrected chi connectivity index (χ3v) is 6.19. The summed E-state index contributed by atoms with van der Waals surface area (Å²) in [4.78, 5) is 35.8. The minimum absolute atomic E-state index is 0.0989. The highest BCUT2D eigenvalue weighted by atomic mass is 32.2. The van der Waals surface area contributed by atoms with Crippen LogP contribution in [0.3, 0.4) is 0 Å². The largest absolute Gasteiger partial charge is 0.368 e. The van der Waals surface area contributed by atoms with Gasteiger partial charge in [0.25, 0.3) is 0 Å². The Bertz CT molecular complexity index is 840. The minimum atomic E-state index is -0.573. The monoisotopic (exact) mass is 479 g/mol. The lowest BCUT2D eigenvalue weighted by atomic mass is 9.89. The van der Waals surface area contributed by atoms with Gasteiger partial charge in [-0.2, -0.15) is 11.8 Å². The summed E-state index contributed by atoms with van der Waals surface area (Å²) in [6, 6.07) is 7.83. The summed E-state index contributed by atoms with van der Waals surface area (Å²) < 4.78 is 0. The van der Waals surface area contributed by atoms with E-state index in [1.54, 1.807) is 17.2 Å². The smallest absolute Gasteiger partial charge is 0.235 e. The van der Waals surface area contributed by atoms with E-state index in [1.807, 2.05) is 53.7 Å². The molecule has 2 amide bonds. The Hall–Kier alpha value is -1.77. The van der Waals surface area contributed by atoms with Crippen LogP contribution < -0.4 is 16.4 Å². The second-order valence-corrected chi connectivity index (χ2v) is 11.7. The van der Waals surface area contributed by atoms with E-state index in [0.717, 1.165) is 16.9 Å². The Kier molecular flexibility index (Phi) is 11.0. The number of ketones is 1. The van der Waals surface area contributed by atoms with Crippen molar-refractivity contribution in [2.24, 2.45) is 11.1 Å². The first-order chi connectivity index (χ1) is 14.7. The van der Waals surface area contributed by atoms with Crippen molar-refractivity contribution in [3.8, 4) is 0 Å². The minimum Gasteiger partial charge on any atom is -0.368 e. The Morgan fingerprint density at radius 3 is 2.16 bits per heavy atom. The molecule has 0 aliphatic rings. The number of primary amides is 1. The van der Waals surface area contributed by atoms with Gasteiger partial charge in [-0.05, 0) is 37.3 Å². The molecule has 1 atom stereocenters. The number of hydrogen-bond acceptors (Lipinski definition) is 6. The topological polar surface area (TPSA) is 101 Å². The number of allylic oxidation sites excluding steroid dienone is 1. The van der Waals surface area contributed by atoms with Crippen LogP contribution in [-0.2, 0) is 25.9 Å². The number of carbonyl (C=O) groups excluding carboxylic acids is 3. The van der Waals surface area contributed by atoms with Crippen LogP contribution in [0.15, 0.2) is 35.4 Å². The van der Waals surface area contributed by atoms with E-state index in [2.05, 4.69) is 22.8 Å². The van der Waals surface area contributed by atoms with Crippen molar-refractivity contribution in [3.63, 3.8) is 0 Å². The van der Waals surface area contributed by atoms with E-state index in [4.69, 9.17) is 5.73 Å². The fourth-order valence-electron chi connectivity index (χ4n) is 2.78. The van der Waals surface area contributed by atoms with Crippen LogP contribution in [0.5, 0.6) is 0 Å². The number of amides is 2. The molecule has 0 aliphatic carbocycles. The van der Waals surface area contributed by atoms with Crippen molar-refractivity contribution in [2.75, 3.05) is 5.75 Å². The fourth-order valence-corrected chi connectivity index (χ4v) is 4.58. The molecule has 6 nitrogen and oxygen atoms in total. The molecule has 1 aromatic carbocycles. The first-order valence-electron chi connectivity index (χ1n) is 10.6. The Labute approximate surface area is 200 Å². The summed E-state index contributed by atoms with van der Waals surface area (Å²) in [5, 5.41) is 7.64. The third kappa shape index (κ3) is 11.2. The van der Waals surface area contributed by atoms with E-state index >= 15 is 0 Å². The first-order valence-corrected chi connectivity index (χ1v) is 12.8. The van der Waals surface area contributed by atoms with Crippen LogP contribution in [-0.4, -0.2) is 34.9 Å². The molecule has 8 heteroatoms. The van der Waals surface area contributed by atoms with E-state index in [-0.39, 0.29) is 29.2 Å². The van der Waals surface area contributed by atoms with Crippen LogP contribution in [0.4, 0.5) is 0 Å². The number of Topliss-reactive ketones (excluding diaryl/α,β-unsaturated/α-hetero) is 1. The summed E-state index contributed by atoms with van der Waals surface area (Å²) in [6.45, 7) is 12.9. The van der Waals surface area contributed by atoms with E-state index in [9.17, 15) is 14.4 Å². The zero-order valence-corrected chi connectivity index (χ0v) is 21.8. The second-order valence-electron chi connectivity index (χ2n) is 9.79. The molecule has 0 bridgehead atoms. The van der Waals surface area contributed by atoms with Gasteiger partial charge in [-0.3, -0.25) is 14.4 Å². The van der Waals surface area contributed by atoms with Crippen LogP contribution >= 0.6 is 23.5 Å². The van der Waals surface area contributed by atoms with Crippen LogP contribution in [0, 0.1) is 5.41 Å². The van der Waals surface area contributed by atoms with E-state index in [0.29, 0.717) is 17.2 Å². The highest BCUT2D eigenvalue weighted by Gasteiger charge is 2.25. The van der Waals surface area contributed by atoms with Gasteiger partial charge in [-0.25, -0.2) is 0 Å². The summed E-state index contributed by atoms with van der Waals surface area (Å²) in [5.41, 5.74) is 7.37. The van der Waals surface area contributed by atoms with Gasteiger partial charge >= 0.3 is 0 Å². The van der Waals surface area contributed by atoms with Crippen LogP contribution in [0.2, 0.25) is 0 Å². The van der Waals surface area contributed by atoms with Gasteiger partial charge in [0.2, 0.25) is 11.8 Å². The number of benzene rings is 1. The lowest BCUT2D eigenvalue weighted by Crippen LogP contribution is -2.51. The summed E-state index contributed by atoms with van der Waals surface area (Å²) >= 11 is 3.13. The maximum Gasteiger partial charge on any atom is 0.235 e. The standard InChI is InChI=1S/C24H37N3O3S2/c1-16(28)26-19(21(29)23(2,3)4)14-31-12-17-9-8-10-18(11-17)13-32-15-20(22(25)30)27-24(5,6)7/h8-11,14,20,27H,12-13,15H2,1-7H3,(H2,25,30)(H,26,28)/b19-14+. The zero-order valence-electron chi connectivity index (χ0n) is 20.2. The number of hydrogen-bond donors (Lipinski definition) is 3. The molecule has 0 spiro atoms. The van der Waals surface area contributed by atoms with Gasteiger partial charge in [-0.1, -0.05) is 45.0 Å². The molecule has 0 fully saturated rings. The number of rotatable bonds is 11. The fraction of sp³-hybridized carbons (Fsp3) is 0.542. The molecule has 0 aliphatic heterocycles. The molecule has 0 aromatic heterocycles. The number of thioether (sulfide) groups is 2. The average molecular weight is 480 g/mol. The van der Waals surface area contributed by atoms with Crippen molar-refractivity contribution in [1.29, 1.82) is 0 Å². The molecular formula is C24H37N3O3S2. The van der Waals surface area contributed by atoms with Crippen molar-refractivity contribution >= 4 is 41.1 Å². The van der Waals surface area contributed by atoms with Gasteiger partial charge < -0.3 is 16.4 Å². The first kappa shape index (κ1) is 28.3. The molecule has 1 rings (SSSR count). The third-order valence-electron chi connectivity index (χ3n) is 4.18. The van der Waals surface area contributed by atoms with Gasteiger partial charge in [-0.15, -0.1) is 11.8 Å². The number of nitrogens with two attached hydrogens (primary N) is 1. The Balaban J connectivity index is 2.72. The van der Waals surface area contributed by atoms with Gasteiger partial charge in [0.05, 0.1) is 11.7 Å². The second kappa shape index (κ2) is 12.5. The van der Waals surface area contributed by atoms with E-state index in [1.165, 1.54) is 18.7 Å². The molecule has 0 saturated carbocycles. The molecule has 4 N–H and O–H groups in total. The van der Waals surface area contributed by atoms with Gasteiger partial charge in [0, 0.05) is 35.1 Å². The number of carbonyl (C=O) groups is 3. The SMILES string of the molecule is CC(=O)N/C(=C/SCc1cccc(CSCC(NC(C)(C)C)C(N)=O)c1)C(=O)C(C)(C)C. The summed E-state index contributed by atoms with van der Waals surface area (Å²) in [5.74, 6) is 1.34. The lowest BCUT2D eigenvalue weighted by Gasteiger charge is -2.26. The quantitative estimate of drug-likeness (QED) is 0.415. The molecule has 1 unspecified atom stereocenters. The van der Waals surface area contributed by atoms with Crippen molar-refractivity contribution < 1.29 is 14.4 Å². The average Bonchev–Trinajstić information content (AvgIpc) is 2.64. The lowest BCUT2D eigenvalue weighted by molar-refractivity contribution is -0.125. The van der Waals surface area contributed by atoms with E-state index < -0.39 is 5.41 Å². The Morgan fingerprint density at radius 1 is 1.06 bits per heavy atom. The predicted molar refractivity (Wildman–Crippen MR) is 136 cm³/mol. The van der Waals surface area contributed by atoms with Crippen LogP contribution in [0.25, 0.3) is 0 Å². The highest BCUT2D eigenvalue weighted by molar-refractivity contribution is 8.01. The predicted octanol–water partition coefficient (Wildman–Crippen LogP) is 3.99. The van der Waals surface area contributed by atoms with Crippen LogP contribution in [0.1, 0.15) is 59.6 Å². The molecule has 0 heterocycles. The van der Waals surface area contributed by atoms with Crippen molar-refractivity contribution in [3.05, 3.63) is 46.5 Å². The number of nitrogens with one attached hydrogen (secondary N) is 2. The molecule has 0 saturated heterocycles. The van der Waals surface area contributed by atoms with Crippen molar-refractivity contribution in [2.45, 2.75) is 71.6 Å². The maximum absolute atomic E-state index is 12.6. The Morgan fingerprint density at radius 2 is 1.66 bits per heavy atom. The zero-order chi connectivity index (χ0) is 24.5. The van der Waals surface area contributed by atoms with Gasteiger partial charge in [0.1, 0.15) is 0 Å². The molecule has 32 heavy (non-hydrogen) atoms. The van der Waals surface area contributed by atoms with Gasteiger partial charge in [0.15, 0.2) is 5.78 Å². The molecule has 1 aromatic rings. The summed E-state index contributed by atoms with van der Waals surface area (Å²) in [7, 11) is 0. The summed E-state index contributed by atoms with van der Waals surface area (Å²) in [6.07, 6.45) is 0. The maximum atomic E-state index is 12.6. The molecule has 0 radical (unpaired) electrons.